The fraction of sp³-hybridized carbons (Fsp3) is 1.00. The number of methoxy groups -OCH3 is 1. The molecule has 208 valence electrons. The van der Waals surface area contributed by atoms with Crippen LogP contribution in [0.1, 0.15) is 20.8 Å². The van der Waals surface area contributed by atoms with Gasteiger partial charge in [-0.15, -0.1) is 0 Å². The molecule has 0 aliphatic heterocycles. The van der Waals surface area contributed by atoms with Gasteiger partial charge in [-0.2, -0.15) is 0 Å². The summed E-state index contributed by atoms with van der Waals surface area (Å²) in [5.41, 5.74) is -12.6. The molecule has 0 aromatic carbocycles. The van der Waals surface area contributed by atoms with Crippen molar-refractivity contribution in [3.8, 4) is 0 Å². The van der Waals surface area contributed by atoms with E-state index in [1.807, 2.05) is 0 Å². The maximum absolute atomic E-state index is 13.4. The third-order valence-corrected chi connectivity index (χ3v) is 19.4. The second-order valence-corrected chi connectivity index (χ2v) is 17.9. The predicted octanol–water partition coefficient (Wildman–Crippen LogP) is 3.17. The zero-order chi connectivity index (χ0) is 26.9. The molecule has 0 saturated heterocycles. The van der Waals surface area contributed by atoms with Gasteiger partial charge in [-0.05, 0) is 0 Å². The van der Waals surface area contributed by atoms with Gasteiger partial charge in [0.2, 0.25) is 0 Å². The average Bonchev–Trinajstić information content (AvgIpc) is 2.72. The molecule has 0 fully saturated rings. The van der Waals surface area contributed by atoms with Crippen LogP contribution < -0.4 is 0 Å². The number of alkyl halides is 6. The summed E-state index contributed by atoms with van der Waals surface area (Å²) >= 11 is 0. The molecule has 0 atom stereocenters. The topological polar surface area (TPSA) is 108 Å². The van der Waals surface area contributed by atoms with Crippen LogP contribution in [0.15, 0.2) is 0 Å². The van der Waals surface area contributed by atoms with Crippen LogP contribution in [0.5, 0.6) is 0 Å². The Hall–Kier alpha value is -0.290. The molecule has 0 bridgehead atoms. The van der Waals surface area contributed by atoms with Crippen LogP contribution in [-0.2, 0) is 39.0 Å². The monoisotopic (exact) mass is 575 g/mol. The van der Waals surface area contributed by atoms with E-state index in [4.69, 9.17) is 18.9 Å². The van der Waals surface area contributed by atoms with E-state index >= 15 is 0 Å². The molecule has 9 nitrogen and oxygen atoms in total. The molecule has 0 heterocycles. The fourth-order valence-corrected chi connectivity index (χ4v) is 16.1. The average molecular weight is 576 g/mol. The van der Waals surface area contributed by atoms with E-state index in [0.29, 0.717) is 13.2 Å². The molecule has 0 spiro atoms. The van der Waals surface area contributed by atoms with Crippen molar-refractivity contribution in [1.29, 1.82) is 0 Å². The minimum absolute atomic E-state index is 0.100. The van der Waals surface area contributed by atoms with Crippen molar-refractivity contribution >= 4 is 26.8 Å². The quantitative estimate of drug-likeness (QED) is 0.148. The van der Waals surface area contributed by atoms with Gasteiger partial charge in [-0.1, -0.05) is 0 Å². The number of hydrogen-bond acceptors (Lipinski definition) is 8. The number of nitrogens with zero attached hydrogens (tertiary/aromatic N) is 1. The van der Waals surface area contributed by atoms with Crippen molar-refractivity contribution in [1.82, 2.24) is 3.48 Å². The van der Waals surface area contributed by atoms with Crippen molar-refractivity contribution in [3.05, 3.63) is 0 Å². The van der Waals surface area contributed by atoms with Gasteiger partial charge in [0, 0.05) is 0 Å². The van der Waals surface area contributed by atoms with E-state index < -0.39 is 66.1 Å². The first kappa shape index (κ1) is 33.7. The van der Waals surface area contributed by atoms with E-state index in [0.717, 1.165) is 20.8 Å². The summed E-state index contributed by atoms with van der Waals surface area (Å²) in [6.07, 6.45) is -2.74. The molecule has 34 heavy (non-hydrogen) atoms. The van der Waals surface area contributed by atoms with Crippen molar-refractivity contribution in [2.45, 2.75) is 31.8 Å². The summed E-state index contributed by atoms with van der Waals surface area (Å²) in [6.45, 7) is -1.17. The van der Waals surface area contributed by atoms with Gasteiger partial charge in [0.05, 0.1) is 0 Å². The molecule has 18 heteroatoms. The number of halogens is 6. The molecule has 0 N–H and O–H groups in total. The van der Waals surface area contributed by atoms with Crippen LogP contribution in [0.25, 0.3) is 0 Å². The van der Waals surface area contributed by atoms with Crippen LogP contribution in [0.4, 0.5) is 26.3 Å². The Labute approximate surface area is 196 Å². The Kier molecular flexibility index (Phi) is 12.7. The van der Waals surface area contributed by atoms with Crippen molar-refractivity contribution < 1.29 is 62.1 Å². The molecular formula is C16H32F6NO8PS2. The van der Waals surface area contributed by atoms with E-state index in [9.17, 15) is 43.2 Å². The number of sulfonamides is 2. The Morgan fingerprint density at radius 2 is 0.971 bits per heavy atom. The van der Waals surface area contributed by atoms with Crippen molar-refractivity contribution in [3.63, 3.8) is 0 Å². The molecule has 0 saturated carbocycles. The second-order valence-electron chi connectivity index (χ2n) is 7.19. The van der Waals surface area contributed by atoms with Gasteiger partial charge in [-0.25, -0.2) is 0 Å². The first-order valence-electron chi connectivity index (χ1n) is 10.1. The minimum atomic E-state index is -6.95. The Balaban J connectivity index is 6.00. The Morgan fingerprint density at radius 3 is 1.26 bits per heavy atom. The molecule has 0 amide bonds. The van der Waals surface area contributed by atoms with Gasteiger partial charge in [-0.3, -0.25) is 0 Å². The fourth-order valence-electron chi connectivity index (χ4n) is 3.13. The first-order valence-corrected chi connectivity index (χ1v) is 15.9. The molecule has 0 aromatic heterocycles. The van der Waals surface area contributed by atoms with Crippen LogP contribution in [-0.4, -0.2) is 103 Å². The molecule has 0 radical (unpaired) electrons. The second kappa shape index (κ2) is 12.8. The van der Waals surface area contributed by atoms with Gasteiger partial charge >= 0.3 is 196 Å². The van der Waals surface area contributed by atoms with Gasteiger partial charge in [0.1, 0.15) is 0 Å². The van der Waals surface area contributed by atoms with Crippen LogP contribution >= 0.6 is 6.75 Å². The van der Waals surface area contributed by atoms with E-state index in [1.165, 1.54) is 7.11 Å². The van der Waals surface area contributed by atoms with Crippen LogP contribution in [0, 0.1) is 0 Å². The van der Waals surface area contributed by atoms with Gasteiger partial charge in [0.25, 0.3) is 0 Å². The summed E-state index contributed by atoms with van der Waals surface area (Å²) in [4.78, 5) is 0. The van der Waals surface area contributed by atoms with Crippen LogP contribution in [0.3, 0.4) is 0 Å². The van der Waals surface area contributed by atoms with Crippen LogP contribution in [0.2, 0.25) is 0 Å². The third-order valence-electron chi connectivity index (χ3n) is 5.49. The number of rotatable bonds is 17. The summed E-state index contributed by atoms with van der Waals surface area (Å²) in [5.74, 6) is 0. The zero-order valence-corrected chi connectivity index (χ0v) is 21.8. The summed E-state index contributed by atoms with van der Waals surface area (Å²) in [5, 5.41) is 0. The Morgan fingerprint density at radius 1 is 0.647 bits per heavy atom. The summed E-state index contributed by atoms with van der Waals surface area (Å²) in [7, 11) is -12.4. The molecule has 0 aromatic rings. The SMILES string of the molecule is CCP(CC)(CC)(COCCOCCOCCOC)N(S(=O)(=O)C(F)(F)F)S(=O)(=O)C(F)(F)F. The summed E-state index contributed by atoms with van der Waals surface area (Å²) < 4.78 is 149. The predicted molar refractivity (Wildman–Crippen MR) is 115 cm³/mol. The summed E-state index contributed by atoms with van der Waals surface area (Å²) in [6, 6.07) is 0. The standard InChI is InChI=1S/C16H32F6NO8PS2/c1-5-32(6-2,7-3,14-31-13-12-30-11-10-29-9-8-28-4)23(33(24,25)15(17,18)19)34(26,27)16(20,21)22/h5-14H2,1-4H3. The molecule has 0 unspecified atom stereocenters. The molecule has 0 aliphatic carbocycles. The number of hydrogen-bond donors (Lipinski definition) is 0. The first-order chi connectivity index (χ1) is 15.4. The van der Waals surface area contributed by atoms with E-state index in [2.05, 4.69) is 0 Å². The van der Waals surface area contributed by atoms with Gasteiger partial charge < -0.3 is 0 Å². The van der Waals surface area contributed by atoms with E-state index in [-0.39, 0.29) is 26.4 Å². The van der Waals surface area contributed by atoms with Gasteiger partial charge in [0.15, 0.2) is 0 Å². The van der Waals surface area contributed by atoms with Crippen molar-refractivity contribution in [2.75, 3.05) is 71.6 Å². The molecular weight excluding hydrogens is 543 g/mol. The maximum atomic E-state index is 13.4. The number of ether oxygens (including phenoxy) is 4. The third kappa shape index (κ3) is 7.37. The molecule has 0 rings (SSSR count). The Bertz CT molecular complexity index is 776. The van der Waals surface area contributed by atoms with Crippen molar-refractivity contribution in [2.24, 2.45) is 0 Å². The normalized spacial score (nSPS) is 15.4. The zero-order valence-electron chi connectivity index (χ0n) is 19.3. The molecule has 0 aliphatic rings. The van der Waals surface area contributed by atoms with E-state index in [1.54, 1.807) is 0 Å².